The number of rotatable bonds is 4. The van der Waals surface area contributed by atoms with Gasteiger partial charge in [0.1, 0.15) is 5.82 Å². The summed E-state index contributed by atoms with van der Waals surface area (Å²) in [5.74, 6) is 2.77. The maximum absolute atomic E-state index is 5.93. The lowest BCUT2D eigenvalue weighted by Gasteiger charge is -2.37. The van der Waals surface area contributed by atoms with Gasteiger partial charge in [-0.15, -0.1) is 0 Å². The summed E-state index contributed by atoms with van der Waals surface area (Å²) in [4.78, 5) is 5.11. The number of nitrogens with two attached hydrogens (primary N) is 1. The van der Waals surface area contributed by atoms with Crippen molar-refractivity contribution in [3.63, 3.8) is 0 Å². The largest absolute Gasteiger partial charge is 0.353 e. The van der Waals surface area contributed by atoms with Gasteiger partial charge in [-0.05, 0) is 54.9 Å². The Morgan fingerprint density at radius 1 is 1.09 bits per heavy atom. The Hall–Kier alpha value is -1.17. The van der Waals surface area contributed by atoms with E-state index in [0.717, 1.165) is 44.6 Å². The SMILES string of the molecule is NC[C@H]1CCC[C@@H]1CN1CCN(c2nsc3ccccc23)CC1. The zero-order valence-electron chi connectivity index (χ0n) is 13.7. The van der Waals surface area contributed by atoms with Crippen LogP contribution in [0.3, 0.4) is 0 Å². The Balaban J connectivity index is 1.37. The quantitative estimate of drug-likeness (QED) is 0.936. The second-order valence-electron chi connectivity index (χ2n) is 6.98. The van der Waals surface area contributed by atoms with Crippen LogP contribution in [0, 0.1) is 11.8 Å². The van der Waals surface area contributed by atoms with Crippen molar-refractivity contribution in [1.82, 2.24) is 9.27 Å². The summed E-state index contributed by atoms with van der Waals surface area (Å²) >= 11 is 1.62. The third-order valence-corrected chi connectivity index (χ3v) is 6.46. The molecule has 0 amide bonds. The minimum absolute atomic E-state index is 0.760. The van der Waals surface area contributed by atoms with Crippen LogP contribution in [0.4, 0.5) is 5.82 Å². The first-order valence-electron chi connectivity index (χ1n) is 8.87. The van der Waals surface area contributed by atoms with E-state index in [2.05, 4.69) is 34.1 Å². The highest BCUT2D eigenvalue weighted by Gasteiger charge is 2.29. The minimum atomic E-state index is 0.760. The molecule has 4 nitrogen and oxygen atoms in total. The molecule has 2 N–H and O–H groups in total. The van der Waals surface area contributed by atoms with E-state index in [0.29, 0.717) is 0 Å². The molecule has 2 heterocycles. The van der Waals surface area contributed by atoms with Crippen LogP contribution in [0.5, 0.6) is 0 Å². The first-order valence-corrected chi connectivity index (χ1v) is 9.64. The summed E-state index contributed by atoms with van der Waals surface area (Å²) in [5, 5.41) is 1.31. The third kappa shape index (κ3) is 3.10. The van der Waals surface area contributed by atoms with Crippen molar-refractivity contribution in [1.29, 1.82) is 0 Å². The summed E-state index contributed by atoms with van der Waals surface area (Å²) in [6.45, 7) is 6.60. The molecule has 1 saturated carbocycles. The van der Waals surface area contributed by atoms with Gasteiger partial charge in [0, 0.05) is 38.1 Å². The number of nitrogens with zero attached hydrogens (tertiary/aromatic N) is 3. The van der Waals surface area contributed by atoms with Crippen molar-refractivity contribution in [2.75, 3.05) is 44.2 Å². The van der Waals surface area contributed by atoms with Crippen molar-refractivity contribution < 1.29 is 0 Å². The Bertz CT molecular complexity index is 647. The zero-order chi connectivity index (χ0) is 15.6. The Kier molecular flexibility index (Phi) is 4.51. The average Bonchev–Trinajstić information content (AvgIpc) is 3.22. The monoisotopic (exact) mass is 330 g/mol. The van der Waals surface area contributed by atoms with Crippen molar-refractivity contribution in [3.05, 3.63) is 24.3 Å². The first kappa shape index (κ1) is 15.4. The van der Waals surface area contributed by atoms with E-state index in [9.17, 15) is 0 Å². The average molecular weight is 331 g/mol. The molecule has 0 bridgehead atoms. The molecule has 4 rings (SSSR count). The highest BCUT2D eigenvalue weighted by atomic mass is 32.1. The molecule has 1 aromatic heterocycles. The number of aromatic nitrogens is 1. The van der Waals surface area contributed by atoms with Crippen LogP contribution >= 0.6 is 11.5 Å². The fourth-order valence-electron chi connectivity index (χ4n) is 4.24. The van der Waals surface area contributed by atoms with E-state index in [1.165, 1.54) is 41.7 Å². The Labute approximate surface area is 142 Å². The van der Waals surface area contributed by atoms with Crippen LogP contribution in [-0.2, 0) is 0 Å². The van der Waals surface area contributed by atoms with Crippen LogP contribution in [0.25, 0.3) is 10.1 Å². The molecule has 0 unspecified atom stereocenters. The number of anilines is 1. The molecule has 1 aromatic carbocycles. The molecule has 1 aliphatic carbocycles. The van der Waals surface area contributed by atoms with Gasteiger partial charge in [0.15, 0.2) is 0 Å². The lowest BCUT2D eigenvalue weighted by Crippen LogP contribution is -2.48. The van der Waals surface area contributed by atoms with Crippen LogP contribution in [-0.4, -0.2) is 48.5 Å². The lowest BCUT2D eigenvalue weighted by atomic mass is 9.95. The molecule has 0 radical (unpaired) electrons. The minimum Gasteiger partial charge on any atom is -0.353 e. The molecule has 2 fully saturated rings. The van der Waals surface area contributed by atoms with Crippen LogP contribution in [0.2, 0.25) is 0 Å². The maximum atomic E-state index is 5.93. The molecule has 1 saturated heterocycles. The summed E-state index contributed by atoms with van der Waals surface area (Å²) in [5.41, 5.74) is 5.93. The molecular weight excluding hydrogens is 304 g/mol. The maximum Gasteiger partial charge on any atom is 0.150 e. The van der Waals surface area contributed by atoms with Gasteiger partial charge in [-0.25, -0.2) is 0 Å². The van der Waals surface area contributed by atoms with Crippen molar-refractivity contribution >= 4 is 27.4 Å². The second kappa shape index (κ2) is 6.75. The standard InChI is InChI=1S/C18H26N4S/c19-12-14-4-3-5-15(14)13-21-8-10-22(11-9-21)18-16-6-1-2-7-17(16)23-20-18/h1-2,6-7,14-15H,3-5,8-13,19H2/t14-,15-/m1/s1. The van der Waals surface area contributed by atoms with E-state index in [4.69, 9.17) is 10.1 Å². The van der Waals surface area contributed by atoms with E-state index in [-0.39, 0.29) is 0 Å². The smallest absolute Gasteiger partial charge is 0.150 e. The van der Waals surface area contributed by atoms with E-state index in [1.807, 2.05) is 0 Å². The van der Waals surface area contributed by atoms with Crippen molar-refractivity contribution in [2.24, 2.45) is 17.6 Å². The van der Waals surface area contributed by atoms with Crippen molar-refractivity contribution in [3.8, 4) is 0 Å². The summed E-state index contributed by atoms with van der Waals surface area (Å²) in [6, 6.07) is 8.58. The number of hydrogen-bond donors (Lipinski definition) is 1. The molecule has 2 atom stereocenters. The van der Waals surface area contributed by atoms with Crippen LogP contribution in [0.15, 0.2) is 24.3 Å². The van der Waals surface area contributed by atoms with Gasteiger partial charge in [0.25, 0.3) is 0 Å². The molecule has 5 heteroatoms. The predicted octanol–water partition coefficient (Wildman–Crippen LogP) is 2.79. The fourth-order valence-corrected chi connectivity index (χ4v) is 5.03. The lowest BCUT2D eigenvalue weighted by molar-refractivity contribution is 0.197. The van der Waals surface area contributed by atoms with E-state index in [1.54, 1.807) is 11.5 Å². The normalized spacial score (nSPS) is 26.2. The van der Waals surface area contributed by atoms with Gasteiger partial charge < -0.3 is 10.6 Å². The number of fused-ring (bicyclic) bond motifs is 1. The zero-order valence-corrected chi connectivity index (χ0v) is 14.5. The highest BCUT2D eigenvalue weighted by molar-refractivity contribution is 7.13. The van der Waals surface area contributed by atoms with Gasteiger partial charge in [0.05, 0.1) is 4.70 Å². The number of hydrogen-bond acceptors (Lipinski definition) is 5. The third-order valence-electron chi connectivity index (χ3n) is 5.64. The highest BCUT2D eigenvalue weighted by Crippen LogP contribution is 2.33. The molecule has 2 aliphatic rings. The number of piperazine rings is 1. The van der Waals surface area contributed by atoms with Gasteiger partial charge in [-0.3, -0.25) is 4.90 Å². The van der Waals surface area contributed by atoms with E-state index >= 15 is 0 Å². The van der Waals surface area contributed by atoms with Crippen molar-refractivity contribution in [2.45, 2.75) is 19.3 Å². The second-order valence-corrected chi connectivity index (χ2v) is 7.78. The van der Waals surface area contributed by atoms with Crippen LogP contribution < -0.4 is 10.6 Å². The topological polar surface area (TPSA) is 45.4 Å². The summed E-state index contributed by atoms with van der Waals surface area (Å²) in [7, 11) is 0. The molecule has 2 aromatic rings. The van der Waals surface area contributed by atoms with Gasteiger partial charge >= 0.3 is 0 Å². The molecule has 0 spiro atoms. The number of benzene rings is 1. The molecular formula is C18H26N4S. The van der Waals surface area contributed by atoms with Gasteiger partial charge in [-0.1, -0.05) is 18.6 Å². The van der Waals surface area contributed by atoms with Gasteiger partial charge in [-0.2, -0.15) is 4.37 Å². The van der Waals surface area contributed by atoms with Crippen LogP contribution in [0.1, 0.15) is 19.3 Å². The molecule has 23 heavy (non-hydrogen) atoms. The summed E-state index contributed by atoms with van der Waals surface area (Å²) < 4.78 is 6.00. The Morgan fingerprint density at radius 3 is 2.70 bits per heavy atom. The molecule has 1 aliphatic heterocycles. The summed E-state index contributed by atoms with van der Waals surface area (Å²) in [6.07, 6.45) is 4.09. The Morgan fingerprint density at radius 2 is 1.87 bits per heavy atom. The van der Waals surface area contributed by atoms with E-state index < -0.39 is 0 Å². The molecule has 124 valence electrons. The predicted molar refractivity (Wildman–Crippen MR) is 98.2 cm³/mol. The van der Waals surface area contributed by atoms with Gasteiger partial charge in [0.2, 0.25) is 0 Å². The first-order chi connectivity index (χ1) is 11.3. The fraction of sp³-hybridized carbons (Fsp3) is 0.611.